The first kappa shape index (κ1) is 19.9. The van der Waals surface area contributed by atoms with E-state index in [4.69, 9.17) is 4.74 Å². The molecule has 0 atom stereocenters. The number of benzene rings is 2. The summed E-state index contributed by atoms with van der Waals surface area (Å²) in [5, 5.41) is 20.3. The molecule has 1 N–H and O–H groups in total. The number of pyridine rings is 1. The largest absolute Gasteiger partial charge is 0.497 e. The van der Waals surface area contributed by atoms with E-state index in [1.54, 1.807) is 55.6 Å². The van der Waals surface area contributed by atoms with Crippen molar-refractivity contribution in [3.8, 4) is 17.7 Å². The third-order valence-electron chi connectivity index (χ3n) is 4.84. The van der Waals surface area contributed by atoms with E-state index in [2.05, 4.69) is 0 Å². The number of aromatic hydroxyl groups is 1. The first-order valence-corrected chi connectivity index (χ1v) is 8.98. The highest BCUT2D eigenvalue weighted by atomic mass is 16.5. The summed E-state index contributed by atoms with van der Waals surface area (Å²) in [6, 6.07) is 15.7. The molecule has 146 valence electrons. The number of hydrogen-bond acceptors (Lipinski definition) is 5. The second kappa shape index (κ2) is 8.03. The number of ether oxygens (including phenoxy) is 1. The van der Waals surface area contributed by atoms with Crippen molar-refractivity contribution >= 4 is 5.78 Å². The maximum absolute atomic E-state index is 13.1. The SMILES string of the molecule is COc1ccc(Cn2c(O)c(C(=O)c3ccc(C)cc3)c(C)c(C#N)c2=O)cc1. The first-order chi connectivity index (χ1) is 13.9. The van der Waals surface area contributed by atoms with Crippen LogP contribution in [0.1, 0.15) is 38.2 Å². The van der Waals surface area contributed by atoms with Gasteiger partial charge in [0, 0.05) is 5.56 Å². The Labute approximate surface area is 168 Å². The highest BCUT2D eigenvalue weighted by Crippen LogP contribution is 2.26. The molecule has 3 aromatic rings. The fourth-order valence-corrected chi connectivity index (χ4v) is 3.13. The maximum Gasteiger partial charge on any atom is 0.271 e. The number of aryl methyl sites for hydroxylation is 1. The third-order valence-corrected chi connectivity index (χ3v) is 4.84. The lowest BCUT2D eigenvalue weighted by atomic mass is 9.96. The molecule has 3 rings (SSSR count). The summed E-state index contributed by atoms with van der Waals surface area (Å²) in [6.07, 6.45) is 0. The smallest absolute Gasteiger partial charge is 0.271 e. The molecule has 0 aliphatic carbocycles. The van der Waals surface area contributed by atoms with Crippen molar-refractivity contribution in [3.63, 3.8) is 0 Å². The molecule has 1 aromatic heterocycles. The molecule has 0 aliphatic heterocycles. The number of carbonyl (C=O) groups excluding carboxylic acids is 1. The Balaban J connectivity index is 2.15. The second-order valence-electron chi connectivity index (χ2n) is 6.74. The van der Waals surface area contributed by atoms with Crippen molar-refractivity contribution in [2.75, 3.05) is 7.11 Å². The van der Waals surface area contributed by atoms with Gasteiger partial charge in [0.1, 0.15) is 17.4 Å². The van der Waals surface area contributed by atoms with E-state index < -0.39 is 17.2 Å². The quantitative estimate of drug-likeness (QED) is 0.677. The minimum absolute atomic E-state index is 0.0117. The van der Waals surface area contributed by atoms with E-state index >= 15 is 0 Å². The molecule has 6 nitrogen and oxygen atoms in total. The summed E-state index contributed by atoms with van der Waals surface area (Å²) in [6.45, 7) is 3.41. The molecule has 0 radical (unpaired) electrons. The molecule has 0 spiro atoms. The van der Waals surface area contributed by atoms with Gasteiger partial charge in [-0.1, -0.05) is 42.0 Å². The first-order valence-electron chi connectivity index (χ1n) is 8.98. The van der Waals surface area contributed by atoms with Crippen LogP contribution in [0.2, 0.25) is 0 Å². The molecule has 0 unspecified atom stereocenters. The number of rotatable bonds is 5. The average molecular weight is 388 g/mol. The van der Waals surface area contributed by atoms with Crippen molar-refractivity contribution < 1.29 is 14.6 Å². The van der Waals surface area contributed by atoms with E-state index in [0.717, 1.165) is 10.1 Å². The molecule has 0 bridgehead atoms. The Morgan fingerprint density at radius 3 is 2.28 bits per heavy atom. The predicted molar refractivity (Wildman–Crippen MR) is 109 cm³/mol. The van der Waals surface area contributed by atoms with E-state index in [0.29, 0.717) is 16.9 Å². The van der Waals surface area contributed by atoms with Crippen LogP contribution in [-0.4, -0.2) is 22.6 Å². The number of ketones is 1. The second-order valence-corrected chi connectivity index (χ2v) is 6.74. The van der Waals surface area contributed by atoms with Gasteiger partial charge in [0.15, 0.2) is 5.78 Å². The van der Waals surface area contributed by atoms with Crippen LogP contribution < -0.4 is 10.3 Å². The molecule has 0 aliphatic rings. The zero-order chi connectivity index (χ0) is 21.1. The van der Waals surface area contributed by atoms with Crippen molar-refractivity contribution in [1.29, 1.82) is 5.26 Å². The van der Waals surface area contributed by atoms with Crippen LogP contribution in [0.25, 0.3) is 0 Å². The summed E-state index contributed by atoms with van der Waals surface area (Å²) >= 11 is 0. The minimum Gasteiger partial charge on any atom is -0.497 e. The fraction of sp³-hybridized carbons (Fsp3) is 0.174. The average Bonchev–Trinajstić information content (AvgIpc) is 2.72. The molecule has 0 fully saturated rings. The third kappa shape index (κ3) is 3.76. The zero-order valence-electron chi connectivity index (χ0n) is 16.4. The van der Waals surface area contributed by atoms with Gasteiger partial charge in [0.05, 0.1) is 19.2 Å². The van der Waals surface area contributed by atoms with Gasteiger partial charge in [-0.3, -0.25) is 14.2 Å². The van der Waals surface area contributed by atoms with Gasteiger partial charge >= 0.3 is 0 Å². The molecular formula is C23H20N2O4. The Morgan fingerprint density at radius 2 is 1.72 bits per heavy atom. The molecule has 6 heteroatoms. The molecule has 0 saturated heterocycles. The predicted octanol–water partition coefficient (Wildman–Crippen LogP) is 3.33. The monoisotopic (exact) mass is 388 g/mol. The van der Waals surface area contributed by atoms with Gasteiger partial charge in [-0.05, 0) is 37.1 Å². The topological polar surface area (TPSA) is 92.3 Å². The molecule has 0 amide bonds. The van der Waals surface area contributed by atoms with Crippen molar-refractivity contribution in [1.82, 2.24) is 4.57 Å². The summed E-state index contributed by atoms with van der Waals surface area (Å²) in [5.74, 6) is -0.241. The van der Waals surface area contributed by atoms with E-state index in [-0.39, 0.29) is 23.2 Å². The van der Waals surface area contributed by atoms with E-state index in [1.165, 1.54) is 6.92 Å². The van der Waals surface area contributed by atoms with Crippen molar-refractivity contribution in [2.45, 2.75) is 20.4 Å². The van der Waals surface area contributed by atoms with Crippen LogP contribution >= 0.6 is 0 Å². The van der Waals surface area contributed by atoms with Gasteiger partial charge in [0.25, 0.3) is 5.56 Å². The van der Waals surface area contributed by atoms with Crippen LogP contribution in [0.15, 0.2) is 53.3 Å². The summed E-state index contributed by atoms with van der Waals surface area (Å²) in [7, 11) is 1.55. The summed E-state index contributed by atoms with van der Waals surface area (Å²) < 4.78 is 6.17. The lowest BCUT2D eigenvalue weighted by molar-refractivity contribution is 0.103. The summed E-state index contributed by atoms with van der Waals surface area (Å²) in [4.78, 5) is 25.8. The van der Waals surface area contributed by atoms with Crippen molar-refractivity contribution in [3.05, 3.63) is 92.3 Å². The van der Waals surface area contributed by atoms with E-state index in [9.17, 15) is 20.0 Å². The van der Waals surface area contributed by atoms with Gasteiger partial charge in [-0.15, -0.1) is 0 Å². The molecule has 0 saturated carbocycles. The Hall–Kier alpha value is -3.85. The summed E-state index contributed by atoms with van der Waals surface area (Å²) in [5.41, 5.74) is 1.40. The zero-order valence-corrected chi connectivity index (χ0v) is 16.4. The number of carbonyl (C=O) groups is 1. The molecular weight excluding hydrogens is 368 g/mol. The lowest BCUT2D eigenvalue weighted by Crippen LogP contribution is -2.27. The van der Waals surface area contributed by atoms with Gasteiger partial charge in [-0.2, -0.15) is 5.26 Å². The van der Waals surface area contributed by atoms with Crippen LogP contribution in [0.4, 0.5) is 0 Å². The highest BCUT2D eigenvalue weighted by molar-refractivity contribution is 6.11. The number of aromatic nitrogens is 1. The van der Waals surface area contributed by atoms with Gasteiger partial charge in [-0.25, -0.2) is 0 Å². The number of methoxy groups -OCH3 is 1. The van der Waals surface area contributed by atoms with Crippen LogP contribution in [0, 0.1) is 25.2 Å². The Bertz CT molecular complexity index is 1170. The minimum atomic E-state index is -0.640. The van der Waals surface area contributed by atoms with Gasteiger partial charge < -0.3 is 9.84 Å². The highest BCUT2D eigenvalue weighted by Gasteiger charge is 2.25. The van der Waals surface area contributed by atoms with Crippen LogP contribution in [0.3, 0.4) is 0 Å². The van der Waals surface area contributed by atoms with Crippen LogP contribution in [-0.2, 0) is 6.54 Å². The number of nitrogens with zero attached hydrogens (tertiary/aromatic N) is 2. The Kier molecular flexibility index (Phi) is 5.51. The molecule has 29 heavy (non-hydrogen) atoms. The maximum atomic E-state index is 13.1. The Morgan fingerprint density at radius 1 is 1.10 bits per heavy atom. The van der Waals surface area contributed by atoms with Gasteiger partial charge in [0.2, 0.25) is 5.88 Å². The number of hydrogen-bond donors (Lipinski definition) is 1. The standard InChI is InChI=1S/C23H20N2O4/c1-14-4-8-17(9-5-14)21(26)20-15(2)19(12-24)22(27)25(23(20)28)13-16-6-10-18(29-3)11-7-16/h4-11,28H,13H2,1-3H3. The molecule has 1 heterocycles. The lowest BCUT2D eigenvalue weighted by Gasteiger charge is -2.16. The van der Waals surface area contributed by atoms with Crippen LogP contribution in [0.5, 0.6) is 11.6 Å². The fourth-order valence-electron chi connectivity index (χ4n) is 3.13. The molecule has 2 aromatic carbocycles. The number of nitriles is 1. The normalized spacial score (nSPS) is 10.4. The van der Waals surface area contributed by atoms with E-state index in [1.807, 2.05) is 13.0 Å². The van der Waals surface area contributed by atoms with Crippen molar-refractivity contribution in [2.24, 2.45) is 0 Å².